The lowest BCUT2D eigenvalue weighted by Crippen LogP contribution is -2.40. The van der Waals surface area contributed by atoms with Gasteiger partial charge in [0.25, 0.3) is 0 Å². The molecule has 0 radical (unpaired) electrons. The van der Waals surface area contributed by atoms with Gasteiger partial charge in [-0.1, -0.05) is 31.9 Å². The molecular weight excluding hydrogens is 280 g/mol. The Kier molecular flexibility index (Phi) is 8.04. The number of carbonyl (C=O) groups is 2. The number of benzene rings is 1. The van der Waals surface area contributed by atoms with Gasteiger partial charge in [-0.3, -0.25) is 14.5 Å². The van der Waals surface area contributed by atoms with Crippen molar-refractivity contribution in [2.75, 3.05) is 24.6 Å². The minimum Gasteiger partial charge on any atom is -0.492 e. The Balaban J connectivity index is 2.74. The van der Waals surface area contributed by atoms with Gasteiger partial charge in [-0.05, 0) is 25.5 Å². The van der Waals surface area contributed by atoms with Gasteiger partial charge in [0, 0.05) is 13.5 Å². The molecule has 0 spiro atoms. The second kappa shape index (κ2) is 9.82. The van der Waals surface area contributed by atoms with Crippen LogP contribution in [0.25, 0.3) is 0 Å². The van der Waals surface area contributed by atoms with Crippen molar-refractivity contribution in [3.63, 3.8) is 0 Å². The molecule has 5 heteroatoms. The monoisotopic (exact) mass is 306 g/mol. The Morgan fingerprint density at radius 1 is 1.18 bits per heavy atom. The number of ether oxygens (including phenoxy) is 1. The number of rotatable bonds is 9. The summed E-state index contributed by atoms with van der Waals surface area (Å²) in [4.78, 5) is 25.4. The number of nitrogens with one attached hydrogen (secondary N) is 1. The van der Waals surface area contributed by atoms with Crippen molar-refractivity contribution in [1.29, 1.82) is 0 Å². The average molecular weight is 306 g/mol. The van der Waals surface area contributed by atoms with Crippen LogP contribution < -0.4 is 15.0 Å². The maximum atomic E-state index is 12.0. The number of nitrogens with zero attached hydrogens (tertiary/aromatic N) is 1. The molecule has 0 aliphatic rings. The van der Waals surface area contributed by atoms with Gasteiger partial charge in [-0.2, -0.15) is 0 Å². The Morgan fingerprint density at radius 2 is 1.91 bits per heavy atom. The van der Waals surface area contributed by atoms with E-state index >= 15 is 0 Å². The summed E-state index contributed by atoms with van der Waals surface area (Å²) in [6.07, 6.45) is 3.15. The van der Waals surface area contributed by atoms with Gasteiger partial charge >= 0.3 is 0 Å². The summed E-state index contributed by atoms with van der Waals surface area (Å²) in [5.74, 6) is 0.271. The van der Waals surface area contributed by atoms with Crippen LogP contribution in [0.3, 0.4) is 0 Å². The molecule has 122 valence electrons. The van der Waals surface area contributed by atoms with Gasteiger partial charge in [-0.25, -0.2) is 0 Å². The molecule has 2 amide bonds. The van der Waals surface area contributed by atoms with Crippen molar-refractivity contribution in [1.82, 2.24) is 5.32 Å². The van der Waals surface area contributed by atoms with E-state index in [4.69, 9.17) is 4.74 Å². The molecule has 1 N–H and O–H groups in total. The molecule has 0 unspecified atom stereocenters. The van der Waals surface area contributed by atoms with Crippen molar-refractivity contribution in [2.24, 2.45) is 0 Å². The molecule has 1 aromatic rings. The van der Waals surface area contributed by atoms with E-state index in [-0.39, 0.29) is 18.4 Å². The van der Waals surface area contributed by atoms with E-state index in [9.17, 15) is 9.59 Å². The average Bonchev–Trinajstić information content (AvgIpc) is 2.50. The minimum absolute atomic E-state index is 0.00550. The van der Waals surface area contributed by atoms with E-state index < -0.39 is 0 Å². The molecule has 22 heavy (non-hydrogen) atoms. The fourth-order valence-electron chi connectivity index (χ4n) is 2.13. The summed E-state index contributed by atoms with van der Waals surface area (Å²) in [6, 6.07) is 7.26. The maximum Gasteiger partial charge on any atom is 0.240 e. The second-order valence-electron chi connectivity index (χ2n) is 5.06. The molecule has 0 aromatic heterocycles. The van der Waals surface area contributed by atoms with Crippen LogP contribution in [-0.4, -0.2) is 31.5 Å². The van der Waals surface area contributed by atoms with Gasteiger partial charge in [0.2, 0.25) is 11.8 Å². The van der Waals surface area contributed by atoms with Crippen molar-refractivity contribution in [2.45, 2.75) is 40.0 Å². The first-order valence-electron chi connectivity index (χ1n) is 7.86. The van der Waals surface area contributed by atoms with Crippen molar-refractivity contribution in [3.8, 4) is 5.75 Å². The van der Waals surface area contributed by atoms with Gasteiger partial charge < -0.3 is 10.1 Å². The fraction of sp³-hybridized carbons (Fsp3) is 0.529. The summed E-state index contributed by atoms with van der Waals surface area (Å²) in [6.45, 7) is 6.61. The predicted octanol–water partition coefficient (Wildman–Crippen LogP) is 2.74. The molecule has 1 rings (SSSR count). The number of amides is 2. The van der Waals surface area contributed by atoms with Crippen LogP contribution in [0.15, 0.2) is 24.3 Å². The highest BCUT2D eigenvalue weighted by atomic mass is 16.5. The van der Waals surface area contributed by atoms with Crippen LogP contribution in [-0.2, 0) is 9.59 Å². The predicted molar refractivity (Wildman–Crippen MR) is 88.2 cm³/mol. The third-order valence-electron chi connectivity index (χ3n) is 3.24. The zero-order chi connectivity index (χ0) is 16.4. The lowest BCUT2D eigenvalue weighted by Gasteiger charge is -2.23. The van der Waals surface area contributed by atoms with Crippen LogP contribution in [0.5, 0.6) is 5.75 Å². The summed E-state index contributed by atoms with van der Waals surface area (Å²) in [7, 11) is 0. The zero-order valence-corrected chi connectivity index (χ0v) is 13.7. The first-order chi connectivity index (χ1) is 10.6. The molecular formula is C17H26N2O3. The van der Waals surface area contributed by atoms with Gasteiger partial charge in [0.1, 0.15) is 12.3 Å². The quantitative estimate of drug-likeness (QED) is 0.714. The van der Waals surface area contributed by atoms with Crippen LogP contribution >= 0.6 is 0 Å². The Hall–Kier alpha value is -2.04. The smallest absolute Gasteiger partial charge is 0.240 e. The summed E-state index contributed by atoms with van der Waals surface area (Å²) in [5.41, 5.74) is 0.626. The van der Waals surface area contributed by atoms with E-state index in [1.54, 1.807) is 12.1 Å². The van der Waals surface area contributed by atoms with Gasteiger partial charge in [-0.15, -0.1) is 0 Å². The standard InChI is InChI=1S/C17H26N2O3/c1-4-6-9-12-18-17(21)13-19(14(3)20)15-10-7-8-11-16(15)22-5-2/h7-8,10-11H,4-6,9,12-13H2,1-3H3,(H,18,21). The molecule has 0 heterocycles. The lowest BCUT2D eigenvalue weighted by molar-refractivity contribution is -0.123. The van der Waals surface area contributed by atoms with Gasteiger partial charge in [0.15, 0.2) is 0 Å². The van der Waals surface area contributed by atoms with Crippen LogP contribution in [0.2, 0.25) is 0 Å². The zero-order valence-electron chi connectivity index (χ0n) is 13.7. The van der Waals surface area contributed by atoms with Crippen LogP contribution in [0.1, 0.15) is 40.0 Å². The fourth-order valence-corrected chi connectivity index (χ4v) is 2.13. The largest absolute Gasteiger partial charge is 0.492 e. The third kappa shape index (κ3) is 5.76. The highest BCUT2D eigenvalue weighted by Gasteiger charge is 2.18. The Labute approximate surface area is 132 Å². The molecule has 0 aliphatic heterocycles. The van der Waals surface area contributed by atoms with E-state index in [2.05, 4.69) is 12.2 Å². The second-order valence-corrected chi connectivity index (χ2v) is 5.06. The molecule has 0 bridgehead atoms. The van der Waals surface area contributed by atoms with Gasteiger partial charge in [0.05, 0.1) is 12.3 Å². The number of carbonyl (C=O) groups excluding carboxylic acids is 2. The maximum absolute atomic E-state index is 12.0. The van der Waals surface area contributed by atoms with Crippen LogP contribution in [0.4, 0.5) is 5.69 Å². The van der Waals surface area contributed by atoms with Crippen molar-refractivity contribution >= 4 is 17.5 Å². The molecule has 0 fully saturated rings. The highest BCUT2D eigenvalue weighted by molar-refractivity contribution is 5.98. The van der Waals surface area contributed by atoms with E-state index in [1.807, 2.05) is 19.1 Å². The molecule has 5 nitrogen and oxygen atoms in total. The van der Waals surface area contributed by atoms with Crippen molar-refractivity contribution in [3.05, 3.63) is 24.3 Å². The Bertz CT molecular complexity index is 489. The first kappa shape index (κ1) is 18.0. The summed E-state index contributed by atoms with van der Waals surface area (Å²) in [5, 5.41) is 2.85. The third-order valence-corrected chi connectivity index (χ3v) is 3.24. The number of hydrogen-bond donors (Lipinski definition) is 1. The molecule has 0 aliphatic carbocycles. The molecule has 1 aromatic carbocycles. The summed E-state index contributed by atoms with van der Waals surface area (Å²) >= 11 is 0. The topological polar surface area (TPSA) is 58.6 Å². The first-order valence-corrected chi connectivity index (χ1v) is 7.86. The molecule has 0 saturated carbocycles. The molecule has 0 atom stereocenters. The van der Waals surface area contributed by atoms with Crippen LogP contribution in [0, 0.1) is 0 Å². The van der Waals surface area contributed by atoms with Crippen molar-refractivity contribution < 1.29 is 14.3 Å². The Morgan fingerprint density at radius 3 is 2.55 bits per heavy atom. The summed E-state index contributed by atoms with van der Waals surface area (Å²) < 4.78 is 5.54. The van der Waals surface area contributed by atoms with E-state index in [1.165, 1.54) is 11.8 Å². The number of hydrogen-bond acceptors (Lipinski definition) is 3. The molecule has 0 saturated heterocycles. The van der Waals surface area contributed by atoms with E-state index in [0.29, 0.717) is 24.6 Å². The lowest BCUT2D eigenvalue weighted by atomic mass is 10.2. The number of unbranched alkanes of at least 4 members (excludes halogenated alkanes) is 2. The number of anilines is 1. The highest BCUT2D eigenvalue weighted by Crippen LogP contribution is 2.28. The minimum atomic E-state index is -0.184. The normalized spacial score (nSPS) is 10.1. The van der Waals surface area contributed by atoms with E-state index in [0.717, 1.165) is 19.3 Å². The SMILES string of the molecule is CCCCCNC(=O)CN(C(C)=O)c1ccccc1OCC. The number of para-hydroxylation sites is 2.